The second-order valence-electron chi connectivity index (χ2n) is 6.04. The average Bonchev–Trinajstić information content (AvgIpc) is 3.05. The number of halogens is 1. The van der Waals surface area contributed by atoms with Gasteiger partial charge in [-0.3, -0.25) is 4.79 Å². The van der Waals surface area contributed by atoms with Gasteiger partial charge in [-0.1, -0.05) is 23.7 Å². The highest BCUT2D eigenvalue weighted by Gasteiger charge is 2.54. The minimum absolute atomic E-state index is 0.0267. The second-order valence-corrected chi connectivity index (χ2v) is 6.47. The minimum atomic E-state index is -0.688. The van der Waals surface area contributed by atoms with Crippen LogP contribution in [0.3, 0.4) is 0 Å². The summed E-state index contributed by atoms with van der Waals surface area (Å²) in [5.74, 6) is -0.110. The van der Waals surface area contributed by atoms with Crippen LogP contribution >= 0.6 is 11.6 Å². The van der Waals surface area contributed by atoms with Crippen molar-refractivity contribution in [2.45, 2.75) is 44.4 Å². The third kappa shape index (κ3) is 2.52. The maximum atomic E-state index is 12.6. The van der Waals surface area contributed by atoms with E-state index in [-0.39, 0.29) is 18.1 Å². The quantitative estimate of drug-likeness (QED) is 0.934. The zero-order chi connectivity index (χ0) is 15.0. The Morgan fingerprint density at radius 3 is 2.95 bits per heavy atom. The lowest BCUT2D eigenvalue weighted by atomic mass is 9.74. The number of hydrogen-bond acceptors (Lipinski definition) is 3. The fraction of sp³-hybridized carbons (Fsp3) is 0.500. The first-order valence-corrected chi connectivity index (χ1v) is 7.52. The van der Waals surface area contributed by atoms with Crippen molar-refractivity contribution >= 4 is 17.5 Å². The van der Waals surface area contributed by atoms with Crippen molar-refractivity contribution in [3.05, 3.63) is 34.9 Å². The Labute approximate surface area is 129 Å². The number of amides is 1. The molecule has 1 amide bonds. The number of hydrogen-bond donors (Lipinski definition) is 1. The fourth-order valence-corrected chi connectivity index (χ4v) is 3.54. The molecule has 21 heavy (non-hydrogen) atoms. The van der Waals surface area contributed by atoms with Gasteiger partial charge in [0.2, 0.25) is 5.91 Å². The molecule has 110 valence electrons. The molecule has 2 heterocycles. The third-order valence-electron chi connectivity index (χ3n) is 4.58. The Balaban J connectivity index is 1.76. The van der Waals surface area contributed by atoms with E-state index in [1.807, 2.05) is 6.92 Å². The molecule has 0 aromatic heterocycles. The van der Waals surface area contributed by atoms with E-state index in [4.69, 9.17) is 16.3 Å². The van der Waals surface area contributed by atoms with Gasteiger partial charge < -0.3 is 10.1 Å². The van der Waals surface area contributed by atoms with E-state index in [0.717, 1.165) is 19.3 Å². The van der Waals surface area contributed by atoms with Gasteiger partial charge in [0, 0.05) is 5.02 Å². The highest BCUT2D eigenvalue weighted by Crippen LogP contribution is 2.47. The molecule has 2 aliphatic rings. The number of nitriles is 1. The number of carbonyl (C=O) groups excluding carboxylic acids is 1. The minimum Gasteiger partial charge on any atom is -0.374 e. The average molecular weight is 305 g/mol. The van der Waals surface area contributed by atoms with Crippen LogP contribution in [0.4, 0.5) is 0 Å². The van der Waals surface area contributed by atoms with E-state index >= 15 is 0 Å². The van der Waals surface area contributed by atoms with Gasteiger partial charge in [-0.2, -0.15) is 5.26 Å². The maximum Gasteiger partial charge on any atom is 0.229 e. The summed E-state index contributed by atoms with van der Waals surface area (Å²) in [5, 5.41) is 12.7. The molecule has 2 saturated heterocycles. The first kappa shape index (κ1) is 14.4. The molecule has 4 unspecified atom stereocenters. The fourth-order valence-electron chi connectivity index (χ4n) is 3.34. The first-order valence-electron chi connectivity index (χ1n) is 7.14. The summed E-state index contributed by atoms with van der Waals surface area (Å²) in [6.45, 7) is 1.93. The van der Waals surface area contributed by atoms with Gasteiger partial charge in [-0.15, -0.1) is 0 Å². The van der Waals surface area contributed by atoms with Crippen molar-refractivity contribution in [1.82, 2.24) is 5.32 Å². The summed E-state index contributed by atoms with van der Waals surface area (Å²) in [7, 11) is 0. The number of nitrogens with zero attached hydrogens (tertiary/aromatic N) is 1. The van der Waals surface area contributed by atoms with Crippen LogP contribution < -0.4 is 5.32 Å². The predicted octanol–water partition coefficient (Wildman–Crippen LogP) is 2.98. The molecule has 0 saturated carbocycles. The van der Waals surface area contributed by atoms with Crippen molar-refractivity contribution in [3.63, 3.8) is 0 Å². The molecule has 0 radical (unpaired) electrons. The summed E-state index contributed by atoms with van der Waals surface area (Å²) in [4.78, 5) is 12.6. The summed E-state index contributed by atoms with van der Waals surface area (Å²) < 4.78 is 5.78. The van der Waals surface area contributed by atoms with E-state index in [0.29, 0.717) is 10.6 Å². The molecule has 1 aromatic rings. The van der Waals surface area contributed by atoms with Crippen LogP contribution in [0.1, 0.15) is 37.8 Å². The Hall–Kier alpha value is -1.57. The lowest BCUT2D eigenvalue weighted by Gasteiger charge is -2.30. The van der Waals surface area contributed by atoms with Gasteiger partial charge in [-0.05, 0) is 43.9 Å². The molecule has 0 aliphatic carbocycles. The summed E-state index contributed by atoms with van der Waals surface area (Å²) in [6.07, 6.45) is 2.85. The molecule has 3 rings (SSSR count). The molecular formula is C16H17ClN2O2. The van der Waals surface area contributed by atoms with Gasteiger partial charge in [-0.25, -0.2) is 0 Å². The molecule has 5 heteroatoms. The lowest BCUT2D eigenvalue weighted by Crippen LogP contribution is -2.46. The van der Waals surface area contributed by atoms with E-state index in [1.165, 1.54) is 0 Å². The van der Waals surface area contributed by atoms with Crippen molar-refractivity contribution in [2.75, 3.05) is 0 Å². The van der Waals surface area contributed by atoms with Crippen molar-refractivity contribution in [1.29, 1.82) is 5.26 Å². The van der Waals surface area contributed by atoms with Gasteiger partial charge in [0.25, 0.3) is 0 Å². The Morgan fingerprint density at radius 2 is 2.38 bits per heavy atom. The van der Waals surface area contributed by atoms with Crippen molar-refractivity contribution < 1.29 is 9.53 Å². The SMILES string of the molecule is CC1(C(=O)NC(C#N)c2cccc(Cl)c2)CC2CCC1O2. The van der Waals surface area contributed by atoms with Gasteiger partial charge in [0.05, 0.1) is 23.7 Å². The van der Waals surface area contributed by atoms with Crippen LogP contribution in [-0.4, -0.2) is 18.1 Å². The molecule has 1 aromatic carbocycles. The van der Waals surface area contributed by atoms with Crippen LogP contribution in [0.5, 0.6) is 0 Å². The number of ether oxygens (including phenoxy) is 1. The second kappa shape index (κ2) is 5.32. The van der Waals surface area contributed by atoms with Crippen LogP contribution in [0.2, 0.25) is 5.02 Å². The van der Waals surface area contributed by atoms with Crippen molar-refractivity contribution in [2.24, 2.45) is 5.41 Å². The van der Waals surface area contributed by atoms with Crippen LogP contribution in [-0.2, 0) is 9.53 Å². The molecular weight excluding hydrogens is 288 g/mol. The largest absolute Gasteiger partial charge is 0.374 e. The molecule has 2 aliphatic heterocycles. The Bertz CT molecular complexity index is 613. The van der Waals surface area contributed by atoms with E-state index in [2.05, 4.69) is 11.4 Å². The number of rotatable bonds is 3. The number of benzene rings is 1. The van der Waals surface area contributed by atoms with E-state index in [9.17, 15) is 10.1 Å². The molecule has 0 spiro atoms. The lowest BCUT2D eigenvalue weighted by molar-refractivity contribution is -0.133. The third-order valence-corrected chi connectivity index (χ3v) is 4.81. The molecule has 4 nitrogen and oxygen atoms in total. The standard InChI is InChI=1S/C16H17ClN2O2/c1-16(8-12-5-6-14(16)21-12)15(20)19-13(9-18)10-3-2-4-11(17)7-10/h2-4,7,12-14H,5-6,8H2,1H3,(H,19,20). The molecule has 1 N–H and O–H groups in total. The Kier molecular flexibility index (Phi) is 3.64. The predicted molar refractivity (Wildman–Crippen MR) is 78.6 cm³/mol. The van der Waals surface area contributed by atoms with Gasteiger partial charge >= 0.3 is 0 Å². The zero-order valence-corrected chi connectivity index (χ0v) is 12.6. The smallest absolute Gasteiger partial charge is 0.229 e. The normalized spacial score (nSPS) is 31.7. The number of fused-ring (bicyclic) bond motifs is 2. The highest BCUT2D eigenvalue weighted by atomic mass is 35.5. The van der Waals surface area contributed by atoms with Crippen LogP contribution in [0, 0.1) is 16.7 Å². The Morgan fingerprint density at radius 1 is 1.57 bits per heavy atom. The van der Waals surface area contributed by atoms with Crippen molar-refractivity contribution in [3.8, 4) is 6.07 Å². The van der Waals surface area contributed by atoms with Crippen LogP contribution in [0.25, 0.3) is 0 Å². The zero-order valence-electron chi connectivity index (χ0n) is 11.8. The monoisotopic (exact) mass is 304 g/mol. The van der Waals surface area contributed by atoms with Gasteiger partial charge in [0.1, 0.15) is 6.04 Å². The maximum absolute atomic E-state index is 12.6. The van der Waals surface area contributed by atoms with Crippen LogP contribution in [0.15, 0.2) is 24.3 Å². The molecule has 2 fully saturated rings. The number of nitrogens with one attached hydrogen (secondary N) is 1. The first-order chi connectivity index (χ1) is 10.0. The topological polar surface area (TPSA) is 62.1 Å². The number of carbonyl (C=O) groups is 1. The highest BCUT2D eigenvalue weighted by molar-refractivity contribution is 6.30. The molecule has 4 atom stereocenters. The summed E-state index contributed by atoms with van der Waals surface area (Å²) in [6, 6.07) is 8.45. The summed E-state index contributed by atoms with van der Waals surface area (Å²) in [5.41, 5.74) is 0.169. The van der Waals surface area contributed by atoms with Gasteiger partial charge in [0.15, 0.2) is 0 Å². The molecule has 2 bridgehead atoms. The van der Waals surface area contributed by atoms with E-state index < -0.39 is 11.5 Å². The summed E-state index contributed by atoms with van der Waals surface area (Å²) >= 11 is 5.95. The van der Waals surface area contributed by atoms with E-state index in [1.54, 1.807) is 24.3 Å².